The first-order valence-electron chi connectivity index (χ1n) is 5.66. The molecule has 0 radical (unpaired) electrons. The van der Waals surface area contributed by atoms with Gasteiger partial charge in [-0.25, -0.2) is 0 Å². The van der Waals surface area contributed by atoms with Crippen molar-refractivity contribution in [1.29, 1.82) is 0 Å². The van der Waals surface area contributed by atoms with Crippen LogP contribution in [0.2, 0.25) is 0 Å². The normalized spacial score (nSPS) is 12.2. The lowest BCUT2D eigenvalue weighted by Crippen LogP contribution is -1.96. The molecule has 0 aromatic heterocycles. The van der Waals surface area contributed by atoms with Gasteiger partial charge in [0.1, 0.15) is 5.75 Å². The van der Waals surface area contributed by atoms with Gasteiger partial charge in [-0.3, -0.25) is 0 Å². The van der Waals surface area contributed by atoms with E-state index in [1.54, 1.807) is 7.11 Å². The number of hydrogen-bond donors (Lipinski definition) is 0. The van der Waals surface area contributed by atoms with Crippen molar-refractivity contribution in [2.45, 2.75) is 12.3 Å². The van der Waals surface area contributed by atoms with Crippen LogP contribution in [0.1, 0.15) is 22.1 Å². The average Bonchev–Trinajstić information content (AvgIpc) is 2.41. The third-order valence-electron chi connectivity index (χ3n) is 2.92. The third-order valence-corrected chi connectivity index (χ3v) is 3.90. The summed E-state index contributed by atoms with van der Waals surface area (Å²) < 4.78 is 6.19. The average molecular weight is 326 g/mol. The van der Waals surface area contributed by atoms with Crippen LogP contribution in [0, 0.1) is 6.92 Å². The molecule has 0 amide bonds. The lowest BCUT2D eigenvalue weighted by molar-refractivity contribution is 0.414. The molecule has 0 bridgehead atoms. The van der Waals surface area contributed by atoms with Gasteiger partial charge in [-0.1, -0.05) is 34.1 Å². The van der Waals surface area contributed by atoms with Gasteiger partial charge in [-0.05, 0) is 47.9 Å². The maximum atomic E-state index is 6.54. The van der Waals surface area contributed by atoms with Crippen LogP contribution in [0.4, 0.5) is 0 Å². The van der Waals surface area contributed by atoms with Crippen molar-refractivity contribution >= 4 is 27.5 Å². The number of benzene rings is 2. The number of aryl methyl sites for hydroxylation is 1. The first-order valence-corrected chi connectivity index (χ1v) is 6.89. The van der Waals surface area contributed by atoms with E-state index in [1.807, 2.05) is 30.3 Å². The number of rotatable bonds is 3. The standard InChI is InChI=1S/C15H14BrClO/c1-10-3-6-12(16)9-14(10)15(17)11-4-7-13(18-2)8-5-11/h3-9,15H,1-2H3. The Labute approximate surface area is 121 Å². The molecule has 1 nitrogen and oxygen atoms in total. The predicted molar refractivity (Wildman–Crippen MR) is 79.6 cm³/mol. The van der Waals surface area contributed by atoms with Crippen LogP contribution in [0.15, 0.2) is 46.9 Å². The van der Waals surface area contributed by atoms with Gasteiger partial charge >= 0.3 is 0 Å². The minimum Gasteiger partial charge on any atom is -0.497 e. The molecule has 0 aliphatic carbocycles. The summed E-state index contributed by atoms with van der Waals surface area (Å²) in [6, 6.07) is 14.0. The molecule has 18 heavy (non-hydrogen) atoms. The molecule has 0 saturated carbocycles. The second-order valence-corrected chi connectivity index (χ2v) is 5.49. The molecule has 2 aromatic rings. The van der Waals surface area contributed by atoms with Crippen LogP contribution in [-0.4, -0.2) is 7.11 Å². The third kappa shape index (κ3) is 2.88. The van der Waals surface area contributed by atoms with E-state index in [4.69, 9.17) is 16.3 Å². The van der Waals surface area contributed by atoms with Gasteiger partial charge < -0.3 is 4.74 Å². The molecule has 0 saturated heterocycles. The lowest BCUT2D eigenvalue weighted by atomic mass is 10.00. The molecule has 2 aromatic carbocycles. The Morgan fingerprint density at radius 1 is 1.11 bits per heavy atom. The van der Waals surface area contributed by atoms with Gasteiger partial charge in [0.2, 0.25) is 0 Å². The van der Waals surface area contributed by atoms with Crippen molar-refractivity contribution in [3.05, 3.63) is 63.6 Å². The van der Waals surface area contributed by atoms with E-state index in [0.717, 1.165) is 21.3 Å². The number of ether oxygens (including phenoxy) is 1. The molecule has 0 spiro atoms. The minimum absolute atomic E-state index is 0.145. The van der Waals surface area contributed by atoms with Crippen molar-refractivity contribution in [3.63, 3.8) is 0 Å². The highest BCUT2D eigenvalue weighted by molar-refractivity contribution is 9.10. The van der Waals surface area contributed by atoms with Crippen LogP contribution in [0.25, 0.3) is 0 Å². The van der Waals surface area contributed by atoms with E-state index in [-0.39, 0.29) is 5.38 Å². The second-order valence-electron chi connectivity index (χ2n) is 4.14. The summed E-state index contributed by atoms with van der Waals surface area (Å²) in [5.41, 5.74) is 3.38. The number of halogens is 2. The van der Waals surface area contributed by atoms with E-state index < -0.39 is 0 Å². The van der Waals surface area contributed by atoms with Crippen LogP contribution >= 0.6 is 27.5 Å². The molecular weight excluding hydrogens is 312 g/mol. The summed E-state index contributed by atoms with van der Waals surface area (Å²) in [6.07, 6.45) is 0. The SMILES string of the molecule is COc1ccc(C(Cl)c2cc(Br)ccc2C)cc1. The van der Waals surface area contributed by atoms with Gasteiger partial charge in [0, 0.05) is 4.47 Å². The fourth-order valence-electron chi connectivity index (χ4n) is 1.84. The number of methoxy groups -OCH3 is 1. The predicted octanol–water partition coefficient (Wildman–Crippen LogP) is 5.09. The summed E-state index contributed by atoms with van der Waals surface area (Å²) in [4.78, 5) is 0. The molecule has 2 rings (SSSR count). The van der Waals surface area contributed by atoms with Gasteiger partial charge in [0.15, 0.2) is 0 Å². The van der Waals surface area contributed by atoms with Crippen molar-refractivity contribution in [3.8, 4) is 5.75 Å². The molecule has 0 aliphatic rings. The molecule has 3 heteroatoms. The molecule has 0 fully saturated rings. The monoisotopic (exact) mass is 324 g/mol. The van der Waals surface area contributed by atoms with E-state index in [9.17, 15) is 0 Å². The Morgan fingerprint density at radius 3 is 2.39 bits per heavy atom. The fourth-order valence-corrected chi connectivity index (χ4v) is 2.60. The topological polar surface area (TPSA) is 9.23 Å². The molecule has 0 N–H and O–H groups in total. The summed E-state index contributed by atoms with van der Waals surface area (Å²) in [5, 5.41) is -0.145. The maximum Gasteiger partial charge on any atom is 0.118 e. The Bertz CT molecular complexity index is 537. The maximum absolute atomic E-state index is 6.54. The molecule has 0 aliphatic heterocycles. The van der Waals surface area contributed by atoms with Crippen molar-refractivity contribution < 1.29 is 4.74 Å². The van der Waals surface area contributed by atoms with E-state index in [2.05, 4.69) is 35.0 Å². The Kier molecular flexibility index (Phi) is 4.31. The van der Waals surface area contributed by atoms with E-state index >= 15 is 0 Å². The minimum atomic E-state index is -0.145. The summed E-state index contributed by atoms with van der Waals surface area (Å²) >= 11 is 10.0. The Hall–Kier alpha value is -0.990. The Balaban J connectivity index is 2.34. The molecule has 94 valence electrons. The van der Waals surface area contributed by atoms with Crippen LogP contribution in [0.3, 0.4) is 0 Å². The van der Waals surface area contributed by atoms with Crippen molar-refractivity contribution in [1.82, 2.24) is 0 Å². The van der Waals surface area contributed by atoms with Gasteiger partial charge in [0.05, 0.1) is 12.5 Å². The van der Waals surface area contributed by atoms with Crippen LogP contribution < -0.4 is 4.74 Å². The highest BCUT2D eigenvalue weighted by Crippen LogP contribution is 2.33. The van der Waals surface area contributed by atoms with Gasteiger partial charge in [-0.15, -0.1) is 11.6 Å². The highest BCUT2D eigenvalue weighted by atomic mass is 79.9. The molecular formula is C15H14BrClO. The zero-order chi connectivity index (χ0) is 13.1. The van der Waals surface area contributed by atoms with Crippen molar-refractivity contribution in [2.75, 3.05) is 7.11 Å². The fraction of sp³-hybridized carbons (Fsp3) is 0.200. The van der Waals surface area contributed by atoms with Crippen LogP contribution in [-0.2, 0) is 0 Å². The zero-order valence-electron chi connectivity index (χ0n) is 10.3. The summed E-state index contributed by atoms with van der Waals surface area (Å²) in [6.45, 7) is 2.07. The molecule has 0 heterocycles. The van der Waals surface area contributed by atoms with Gasteiger partial charge in [-0.2, -0.15) is 0 Å². The largest absolute Gasteiger partial charge is 0.497 e. The molecule has 1 unspecified atom stereocenters. The summed E-state index contributed by atoms with van der Waals surface area (Å²) in [5.74, 6) is 0.841. The number of hydrogen-bond acceptors (Lipinski definition) is 1. The summed E-state index contributed by atoms with van der Waals surface area (Å²) in [7, 11) is 1.66. The van der Waals surface area contributed by atoms with Crippen LogP contribution in [0.5, 0.6) is 5.75 Å². The number of alkyl halides is 1. The smallest absolute Gasteiger partial charge is 0.118 e. The van der Waals surface area contributed by atoms with E-state index in [1.165, 1.54) is 5.56 Å². The zero-order valence-corrected chi connectivity index (χ0v) is 12.6. The van der Waals surface area contributed by atoms with E-state index in [0.29, 0.717) is 0 Å². The quantitative estimate of drug-likeness (QED) is 0.714. The second kappa shape index (κ2) is 5.77. The first kappa shape index (κ1) is 13.4. The van der Waals surface area contributed by atoms with Crippen molar-refractivity contribution in [2.24, 2.45) is 0 Å². The lowest BCUT2D eigenvalue weighted by Gasteiger charge is -2.14. The first-order chi connectivity index (χ1) is 8.61. The Morgan fingerprint density at radius 2 is 1.78 bits per heavy atom. The molecule has 1 atom stereocenters. The van der Waals surface area contributed by atoms with Gasteiger partial charge in [0.25, 0.3) is 0 Å². The highest BCUT2D eigenvalue weighted by Gasteiger charge is 2.13.